The van der Waals surface area contributed by atoms with Gasteiger partial charge in [0.1, 0.15) is 0 Å². The molecule has 0 aliphatic heterocycles. The summed E-state index contributed by atoms with van der Waals surface area (Å²) < 4.78 is 0. The lowest BCUT2D eigenvalue weighted by atomic mass is 9.99. The highest BCUT2D eigenvalue weighted by atomic mass is 16.3. The van der Waals surface area contributed by atoms with Crippen LogP contribution in [0.3, 0.4) is 0 Å². The Hall–Kier alpha value is -0.860. The molecule has 2 N–H and O–H groups in total. The summed E-state index contributed by atoms with van der Waals surface area (Å²) in [6, 6.07) is 10.5. The van der Waals surface area contributed by atoms with Crippen molar-refractivity contribution >= 4 is 0 Å². The van der Waals surface area contributed by atoms with Crippen molar-refractivity contribution in [3.63, 3.8) is 0 Å². The van der Waals surface area contributed by atoms with Crippen LogP contribution in [-0.4, -0.2) is 17.3 Å². The minimum absolute atomic E-state index is 0.0652. The zero-order valence-corrected chi connectivity index (χ0v) is 9.83. The first kappa shape index (κ1) is 12.2. The lowest BCUT2D eigenvalue weighted by Crippen LogP contribution is -2.39. The molecule has 0 amide bonds. The van der Waals surface area contributed by atoms with E-state index < -0.39 is 0 Å². The predicted molar refractivity (Wildman–Crippen MR) is 63.8 cm³/mol. The molecule has 0 aromatic heterocycles. The zero-order valence-electron chi connectivity index (χ0n) is 9.83. The lowest BCUT2D eigenvalue weighted by molar-refractivity contribution is 0.247. The molecule has 0 aliphatic rings. The zero-order chi connectivity index (χ0) is 11.3. The Labute approximate surface area is 92.3 Å². The number of rotatable bonds is 4. The number of hydrogen-bond donors (Lipinski definition) is 2. The van der Waals surface area contributed by atoms with Crippen LogP contribution in [0.5, 0.6) is 0 Å². The van der Waals surface area contributed by atoms with Gasteiger partial charge in [0.15, 0.2) is 0 Å². The van der Waals surface area contributed by atoms with Crippen molar-refractivity contribution in [2.24, 2.45) is 0 Å². The molecule has 0 radical (unpaired) electrons. The number of aliphatic hydroxyl groups is 1. The molecule has 0 saturated carbocycles. The summed E-state index contributed by atoms with van der Waals surface area (Å²) in [6.07, 6.45) is 0.751. The molecule has 0 unspecified atom stereocenters. The second kappa shape index (κ2) is 5.29. The average molecular weight is 207 g/mol. The smallest absolute Gasteiger partial charge is 0.0449 e. The normalized spacial score (nSPS) is 13.9. The van der Waals surface area contributed by atoms with Crippen molar-refractivity contribution < 1.29 is 5.11 Å². The molecule has 0 bridgehead atoms. The van der Waals surface area contributed by atoms with Crippen LogP contribution in [0, 0.1) is 0 Å². The summed E-state index contributed by atoms with van der Waals surface area (Å²) in [4.78, 5) is 0. The van der Waals surface area contributed by atoms with Crippen LogP contribution >= 0.6 is 0 Å². The molecule has 1 aromatic carbocycles. The van der Waals surface area contributed by atoms with E-state index in [1.807, 2.05) is 18.2 Å². The monoisotopic (exact) mass is 207 g/mol. The van der Waals surface area contributed by atoms with Crippen LogP contribution in [-0.2, 0) is 0 Å². The molecule has 2 heteroatoms. The van der Waals surface area contributed by atoms with E-state index in [0.29, 0.717) is 0 Å². The first-order chi connectivity index (χ1) is 7.03. The second-order valence-corrected chi connectivity index (χ2v) is 4.87. The van der Waals surface area contributed by atoms with Gasteiger partial charge < -0.3 is 10.4 Å². The van der Waals surface area contributed by atoms with Gasteiger partial charge in [0.2, 0.25) is 0 Å². The fourth-order valence-electron chi connectivity index (χ4n) is 1.66. The third-order valence-corrected chi connectivity index (χ3v) is 2.23. The highest BCUT2D eigenvalue weighted by Crippen LogP contribution is 2.19. The van der Waals surface area contributed by atoms with E-state index in [1.165, 1.54) is 5.56 Å². The fourth-order valence-corrected chi connectivity index (χ4v) is 1.66. The van der Waals surface area contributed by atoms with E-state index in [-0.39, 0.29) is 18.2 Å². The van der Waals surface area contributed by atoms with Crippen LogP contribution in [0.1, 0.15) is 38.8 Å². The van der Waals surface area contributed by atoms with E-state index in [0.717, 1.165) is 6.42 Å². The van der Waals surface area contributed by atoms with Gasteiger partial charge in [0.05, 0.1) is 0 Å². The van der Waals surface area contributed by atoms with Gasteiger partial charge in [-0.1, -0.05) is 30.3 Å². The number of hydrogen-bond acceptors (Lipinski definition) is 2. The van der Waals surface area contributed by atoms with Gasteiger partial charge in [0.25, 0.3) is 0 Å². The highest BCUT2D eigenvalue weighted by molar-refractivity contribution is 5.19. The predicted octanol–water partition coefficient (Wildman–Crippen LogP) is 2.50. The summed E-state index contributed by atoms with van der Waals surface area (Å²) in [5.74, 6) is 0. The van der Waals surface area contributed by atoms with Gasteiger partial charge in [-0.3, -0.25) is 0 Å². The van der Waals surface area contributed by atoms with Gasteiger partial charge in [-0.15, -0.1) is 0 Å². The van der Waals surface area contributed by atoms with Gasteiger partial charge in [0, 0.05) is 18.2 Å². The van der Waals surface area contributed by atoms with Crippen molar-refractivity contribution in [3.8, 4) is 0 Å². The van der Waals surface area contributed by atoms with Crippen molar-refractivity contribution in [3.05, 3.63) is 35.9 Å². The van der Waals surface area contributed by atoms with Gasteiger partial charge in [-0.2, -0.15) is 0 Å². The number of benzene rings is 1. The van der Waals surface area contributed by atoms with Crippen LogP contribution in [0.2, 0.25) is 0 Å². The van der Waals surface area contributed by atoms with Crippen LogP contribution in [0.25, 0.3) is 0 Å². The van der Waals surface area contributed by atoms with Crippen molar-refractivity contribution in [2.75, 3.05) is 6.61 Å². The van der Waals surface area contributed by atoms with Crippen LogP contribution in [0.15, 0.2) is 30.3 Å². The van der Waals surface area contributed by atoms with Crippen LogP contribution in [0.4, 0.5) is 0 Å². The van der Waals surface area contributed by atoms with Gasteiger partial charge in [-0.05, 0) is 32.8 Å². The Kier molecular flexibility index (Phi) is 4.30. The third-order valence-electron chi connectivity index (χ3n) is 2.23. The minimum atomic E-state index is 0.0652. The maximum Gasteiger partial charge on any atom is 0.0449 e. The largest absolute Gasteiger partial charge is 0.396 e. The van der Waals surface area contributed by atoms with Crippen molar-refractivity contribution in [2.45, 2.75) is 38.8 Å². The Morgan fingerprint density at radius 2 is 1.80 bits per heavy atom. The second-order valence-electron chi connectivity index (χ2n) is 4.87. The summed E-state index contributed by atoms with van der Waals surface area (Å²) in [5, 5.41) is 12.6. The highest BCUT2D eigenvalue weighted by Gasteiger charge is 2.17. The minimum Gasteiger partial charge on any atom is -0.396 e. The molecule has 84 valence electrons. The molecule has 1 rings (SSSR count). The van der Waals surface area contributed by atoms with Crippen molar-refractivity contribution in [1.82, 2.24) is 5.32 Å². The molecular weight excluding hydrogens is 186 g/mol. The number of aliphatic hydroxyl groups excluding tert-OH is 1. The Morgan fingerprint density at radius 1 is 1.20 bits per heavy atom. The molecule has 1 aromatic rings. The maximum atomic E-state index is 9.05. The summed E-state index contributed by atoms with van der Waals surface area (Å²) in [5.41, 5.74) is 1.30. The van der Waals surface area contributed by atoms with E-state index in [2.05, 4.69) is 38.2 Å². The molecule has 0 heterocycles. The van der Waals surface area contributed by atoms with E-state index in [9.17, 15) is 0 Å². The molecular formula is C13H21NO. The Morgan fingerprint density at radius 3 is 2.27 bits per heavy atom. The van der Waals surface area contributed by atoms with E-state index >= 15 is 0 Å². The molecule has 15 heavy (non-hydrogen) atoms. The Balaban J connectivity index is 2.75. The molecule has 0 fully saturated rings. The van der Waals surface area contributed by atoms with E-state index in [4.69, 9.17) is 5.11 Å². The fraction of sp³-hybridized carbons (Fsp3) is 0.538. The van der Waals surface area contributed by atoms with Crippen LogP contribution < -0.4 is 5.32 Å². The number of nitrogens with one attached hydrogen (secondary N) is 1. The topological polar surface area (TPSA) is 32.3 Å². The first-order valence-electron chi connectivity index (χ1n) is 5.46. The molecule has 0 spiro atoms. The average Bonchev–Trinajstić information content (AvgIpc) is 2.17. The third kappa shape index (κ3) is 4.45. The van der Waals surface area contributed by atoms with Crippen molar-refractivity contribution in [1.29, 1.82) is 0 Å². The van der Waals surface area contributed by atoms with Gasteiger partial charge in [-0.25, -0.2) is 0 Å². The summed E-state index contributed by atoms with van der Waals surface area (Å²) >= 11 is 0. The SMILES string of the molecule is CC(C)(C)N[C@H](CCO)c1ccccc1. The quantitative estimate of drug-likeness (QED) is 0.795. The molecule has 0 saturated heterocycles. The lowest BCUT2D eigenvalue weighted by Gasteiger charge is -2.28. The van der Waals surface area contributed by atoms with E-state index in [1.54, 1.807) is 0 Å². The Bertz CT molecular complexity index is 276. The molecule has 2 nitrogen and oxygen atoms in total. The summed E-state index contributed by atoms with van der Waals surface area (Å²) in [7, 11) is 0. The molecule has 0 aliphatic carbocycles. The first-order valence-corrected chi connectivity index (χ1v) is 5.46. The maximum absolute atomic E-state index is 9.05. The molecule has 1 atom stereocenters. The van der Waals surface area contributed by atoms with Gasteiger partial charge >= 0.3 is 0 Å². The summed E-state index contributed by atoms with van der Waals surface area (Å²) in [6.45, 7) is 6.63. The standard InChI is InChI=1S/C13H21NO/c1-13(2,3)14-12(9-10-15)11-7-5-4-6-8-11/h4-8,12,14-15H,9-10H2,1-3H3/t12-/m1/s1.